The molecule has 0 saturated carbocycles. The van der Waals surface area contributed by atoms with Crippen LogP contribution in [0.25, 0.3) is 0 Å². The maximum Gasteiger partial charge on any atom is 0.272 e. The molecule has 1 saturated heterocycles. The molecule has 5 nitrogen and oxygen atoms in total. The molecule has 0 spiro atoms. The first-order valence-electron chi connectivity index (χ1n) is 6.19. The van der Waals surface area contributed by atoms with Crippen LogP contribution in [-0.2, 0) is 6.54 Å². The third-order valence-corrected chi connectivity index (χ3v) is 3.18. The van der Waals surface area contributed by atoms with Crippen molar-refractivity contribution >= 4 is 5.91 Å². The molecule has 0 unspecified atom stereocenters. The second-order valence-electron chi connectivity index (χ2n) is 4.54. The van der Waals surface area contributed by atoms with Crippen LogP contribution in [0.3, 0.4) is 0 Å². The molecule has 1 aliphatic rings. The van der Waals surface area contributed by atoms with Crippen LogP contribution in [0.4, 0.5) is 0 Å². The van der Waals surface area contributed by atoms with Crippen molar-refractivity contribution in [3.8, 4) is 0 Å². The van der Waals surface area contributed by atoms with E-state index in [1.165, 1.54) is 0 Å². The summed E-state index contributed by atoms with van der Waals surface area (Å²) in [6.07, 6.45) is 0. The maximum absolute atomic E-state index is 12.4. The van der Waals surface area contributed by atoms with Crippen LogP contribution in [0.15, 0.2) is 6.07 Å². The molecule has 94 valence electrons. The molecule has 0 bridgehead atoms. The molecule has 17 heavy (non-hydrogen) atoms. The van der Waals surface area contributed by atoms with Gasteiger partial charge >= 0.3 is 0 Å². The predicted octanol–water partition coefficient (Wildman–Crippen LogP) is 0.645. The monoisotopic (exact) mass is 236 g/mol. The van der Waals surface area contributed by atoms with Gasteiger partial charge in [0.2, 0.25) is 0 Å². The van der Waals surface area contributed by atoms with Gasteiger partial charge in [0.1, 0.15) is 5.69 Å². The van der Waals surface area contributed by atoms with Crippen molar-refractivity contribution in [2.24, 2.45) is 0 Å². The van der Waals surface area contributed by atoms with Crippen LogP contribution < -0.4 is 5.32 Å². The normalized spacial score (nSPS) is 20.6. The van der Waals surface area contributed by atoms with Gasteiger partial charge in [0.15, 0.2) is 0 Å². The molecule has 0 aliphatic carbocycles. The van der Waals surface area contributed by atoms with Crippen LogP contribution in [0.5, 0.6) is 0 Å². The average molecular weight is 236 g/mol. The largest absolute Gasteiger partial charge is 0.332 e. The van der Waals surface area contributed by atoms with Gasteiger partial charge in [-0.1, -0.05) is 0 Å². The minimum absolute atomic E-state index is 0.0986. The number of carbonyl (C=O) groups excluding carboxylic acids is 1. The zero-order valence-electron chi connectivity index (χ0n) is 10.7. The third kappa shape index (κ3) is 2.34. The molecule has 1 aromatic heterocycles. The fourth-order valence-electron chi connectivity index (χ4n) is 2.25. The lowest BCUT2D eigenvalue weighted by Crippen LogP contribution is -2.52. The van der Waals surface area contributed by atoms with Gasteiger partial charge in [-0.3, -0.25) is 9.48 Å². The number of aromatic nitrogens is 2. The van der Waals surface area contributed by atoms with E-state index >= 15 is 0 Å². The van der Waals surface area contributed by atoms with Gasteiger partial charge in [0.05, 0.1) is 5.69 Å². The van der Waals surface area contributed by atoms with Crippen LogP contribution in [0, 0.1) is 6.92 Å². The van der Waals surface area contributed by atoms with Crippen molar-refractivity contribution in [1.29, 1.82) is 0 Å². The van der Waals surface area contributed by atoms with Gasteiger partial charge < -0.3 is 10.2 Å². The number of piperazine rings is 1. The number of aryl methyl sites for hydroxylation is 2. The Hall–Kier alpha value is -1.36. The molecule has 0 aromatic carbocycles. The van der Waals surface area contributed by atoms with Crippen LogP contribution >= 0.6 is 0 Å². The fourth-order valence-corrected chi connectivity index (χ4v) is 2.25. The van der Waals surface area contributed by atoms with E-state index in [1.807, 2.05) is 24.8 Å². The molecule has 1 aliphatic heterocycles. The first-order chi connectivity index (χ1) is 8.13. The molecular weight excluding hydrogens is 216 g/mol. The summed E-state index contributed by atoms with van der Waals surface area (Å²) in [4.78, 5) is 14.4. The first-order valence-corrected chi connectivity index (χ1v) is 6.19. The van der Waals surface area contributed by atoms with Crippen LogP contribution in [0.1, 0.15) is 30.0 Å². The smallest absolute Gasteiger partial charge is 0.272 e. The highest BCUT2D eigenvalue weighted by Gasteiger charge is 2.26. The summed E-state index contributed by atoms with van der Waals surface area (Å²) < 4.78 is 1.78. The van der Waals surface area contributed by atoms with Gasteiger partial charge in [-0.2, -0.15) is 5.10 Å². The van der Waals surface area contributed by atoms with E-state index in [4.69, 9.17) is 0 Å². The minimum Gasteiger partial charge on any atom is -0.332 e. The molecule has 5 heteroatoms. The zero-order chi connectivity index (χ0) is 12.4. The summed E-state index contributed by atoms with van der Waals surface area (Å²) in [6.45, 7) is 9.24. The van der Waals surface area contributed by atoms with Crippen molar-refractivity contribution in [2.75, 3.05) is 19.6 Å². The summed E-state index contributed by atoms with van der Waals surface area (Å²) in [6, 6.07) is 2.12. The number of hydrogen-bond acceptors (Lipinski definition) is 3. The predicted molar refractivity (Wildman–Crippen MR) is 66.0 cm³/mol. The van der Waals surface area contributed by atoms with Crippen molar-refractivity contribution in [3.05, 3.63) is 17.5 Å². The van der Waals surface area contributed by atoms with Gasteiger partial charge in [-0.05, 0) is 26.8 Å². The van der Waals surface area contributed by atoms with E-state index in [0.717, 1.165) is 31.9 Å². The van der Waals surface area contributed by atoms with Gasteiger partial charge in [0.25, 0.3) is 5.91 Å². The molecule has 2 heterocycles. The summed E-state index contributed by atoms with van der Waals surface area (Å²) >= 11 is 0. The molecule has 1 atom stereocenters. The zero-order valence-corrected chi connectivity index (χ0v) is 10.7. The van der Waals surface area contributed by atoms with Gasteiger partial charge in [0, 0.05) is 32.2 Å². The first kappa shape index (κ1) is 12.1. The summed E-state index contributed by atoms with van der Waals surface area (Å²) in [5, 5.41) is 7.61. The van der Waals surface area contributed by atoms with Crippen molar-refractivity contribution in [3.63, 3.8) is 0 Å². The lowest BCUT2D eigenvalue weighted by Gasteiger charge is -2.33. The van der Waals surface area contributed by atoms with Crippen molar-refractivity contribution in [1.82, 2.24) is 20.0 Å². The van der Waals surface area contributed by atoms with Gasteiger partial charge in [-0.25, -0.2) is 0 Å². The summed E-state index contributed by atoms with van der Waals surface area (Å²) in [7, 11) is 0. The van der Waals surface area contributed by atoms with Crippen molar-refractivity contribution < 1.29 is 4.79 Å². The summed E-state index contributed by atoms with van der Waals surface area (Å²) in [5.41, 5.74) is 1.61. The molecular formula is C12H20N4O. The van der Waals surface area contributed by atoms with E-state index in [0.29, 0.717) is 5.69 Å². The topological polar surface area (TPSA) is 50.2 Å². The quantitative estimate of drug-likeness (QED) is 0.820. The van der Waals surface area contributed by atoms with E-state index in [1.54, 1.807) is 4.68 Å². The number of hydrogen-bond donors (Lipinski definition) is 1. The Morgan fingerprint density at radius 2 is 2.41 bits per heavy atom. The van der Waals surface area contributed by atoms with Gasteiger partial charge in [-0.15, -0.1) is 0 Å². The Morgan fingerprint density at radius 3 is 3.06 bits per heavy atom. The highest BCUT2D eigenvalue weighted by molar-refractivity contribution is 5.93. The van der Waals surface area contributed by atoms with E-state index in [2.05, 4.69) is 17.3 Å². The second kappa shape index (κ2) is 4.87. The highest BCUT2D eigenvalue weighted by atomic mass is 16.2. The number of amides is 1. The van der Waals surface area contributed by atoms with E-state index in [-0.39, 0.29) is 11.9 Å². The molecule has 1 amide bonds. The Morgan fingerprint density at radius 1 is 1.65 bits per heavy atom. The van der Waals surface area contributed by atoms with Crippen LogP contribution in [-0.4, -0.2) is 46.3 Å². The number of nitrogens with zero attached hydrogens (tertiary/aromatic N) is 3. The molecule has 1 N–H and O–H groups in total. The average Bonchev–Trinajstić information content (AvgIpc) is 2.70. The van der Waals surface area contributed by atoms with E-state index < -0.39 is 0 Å². The minimum atomic E-state index is 0.0986. The molecule has 2 rings (SSSR count). The Kier molecular flexibility index (Phi) is 3.47. The Bertz CT molecular complexity index is 413. The number of nitrogens with one attached hydrogen (secondary N) is 1. The third-order valence-electron chi connectivity index (χ3n) is 3.18. The number of rotatable bonds is 2. The lowest BCUT2D eigenvalue weighted by atomic mass is 10.2. The molecule has 1 fully saturated rings. The lowest BCUT2D eigenvalue weighted by molar-refractivity contribution is 0.0643. The fraction of sp³-hybridized carbons (Fsp3) is 0.667. The number of carbonyl (C=O) groups is 1. The molecule has 0 radical (unpaired) electrons. The molecule has 1 aromatic rings. The van der Waals surface area contributed by atoms with E-state index in [9.17, 15) is 4.79 Å². The van der Waals surface area contributed by atoms with Crippen molar-refractivity contribution in [2.45, 2.75) is 33.4 Å². The maximum atomic E-state index is 12.4. The second-order valence-corrected chi connectivity index (χ2v) is 4.54. The highest BCUT2D eigenvalue weighted by Crippen LogP contribution is 2.11. The van der Waals surface area contributed by atoms with Crippen LogP contribution in [0.2, 0.25) is 0 Å². The SMILES string of the molecule is CCn1nc(C)cc1C(=O)N1CCNC[C@@H]1C. The Balaban J connectivity index is 2.23. The Labute approximate surface area is 102 Å². The standard InChI is InChI=1S/C12H20N4O/c1-4-16-11(7-9(2)14-16)12(17)15-6-5-13-8-10(15)3/h7,10,13H,4-6,8H2,1-3H3/t10-/m0/s1. The summed E-state index contributed by atoms with van der Waals surface area (Å²) in [5.74, 6) is 0.0986.